The van der Waals surface area contributed by atoms with E-state index in [1.807, 2.05) is 34.5 Å². The second-order valence-electron chi connectivity index (χ2n) is 6.00. The summed E-state index contributed by atoms with van der Waals surface area (Å²) in [5.41, 5.74) is 4.55. The number of hydrogen-bond acceptors (Lipinski definition) is 4. The number of rotatable bonds is 6. The molecule has 0 aliphatic carbocycles. The van der Waals surface area contributed by atoms with Gasteiger partial charge in [0.25, 0.3) is 0 Å². The second kappa shape index (κ2) is 8.06. The first-order valence-corrected chi connectivity index (χ1v) is 9.18. The number of aryl methyl sites for hydroxylation is 1. The van der Waals surface area contributed by atoms with Crippen LogP contribution in [0.4, 0.5) is 5.69 Å². The summed E-state index contributed by atoms with van der Waals surface area (Å²) in [5.74, 6) is 0.202. The van der Waals surface area contributed by atoms with Crippen molar-refractivity contribution in [2.75, 3.05) is 11.9 Å². The number of amides is 2. The highest BCUT2D eigenvalue weighted by Crippen LogP contribution is 2.17. The molecular weight excluding hydrogens is 322 g/mol. The molecule has 0 spiro atoms. The van der Waals surface area contributed by atoms with Crippen molar-refractivity contribution in [3.05, 3.63) is 46.4 Å². The topological polar surface area (TPSA) is 62.3 Å². The molecule has 1 N–H and O–H groups in total. The number of thiazole rings is 1. The van der Waals surface area contributed by atoms with Crippen LogP contribution in [0.1, 0.15) is 36.9 Å². The van der Waals surface area contributed by atoms with E-state index in [0.717, 1.165) is 36.3 Å². The van der Waals surface area contributed by atoms with Crippen LogP contribution in [0.25, 0.3) is 0 Å². The standard InChI is InChI=1S/C18H21N3O2S/c22-17(8-7-16-12-24-13-19-16)20-15-5-3-4-14(10-15)11-21-9-2-1-6-18(21)23/h3-5,10,12-13H,1-2,6-9,11H2,(H,20,22). The van der Waals surface area contributed by atoms with Gasteiger partial charge in [0.1, 0.15) is 0 Å². The molecule has 0 bridgehead atoms. The highest BCUT2D eigenvalue weighted by Gasteiger charge is 2.18. The van der Waals surface area contributed by atoms with Crippen LogP contribution in [0.2, 0.25) is 0 Å². The van der Waals surface area contributed by atoms with Crippen LogP contribution in [-0.2, 0) is 22.6 Å². The first-order chi connectivity index (χ1) is 11.7. The maximum Gasteiger partial charge on any atom is 0.224 e. The van der Waals surface area contributed by atoms with Crippen molar-refractivity contribution in [1.29, 1.82) is 0 Å². The Hall–Kier alpha value is -2.21. The maximum atomic E-state index is 12.1. The molecule has 0 unspecified atom stereocenters. The summed E-state index contributed by atoms with van der Waals surface area (Å²) in [6.45, 7) is 1.43. The van der Waals surface area contributed by atoms with E-state index in [1.165, 1.54) is 11.3 Å². The zero-order valence-corrected chi connectivity index (χ0v) is 14.3. The zero-order chi connectivity index (χ0) is 16.8. The predicted molar refractivity (Wildman–Crippen MR) is 94.8 cm³/mol. The third-order valence-corrected chi connectivity index (χ3v) is 4.73. The van der Waals surface area contributed by atoms with Crippen LogP contribution >= 0.6 is 11.3 Å². The van der Waals surface area contributed by atoms with E-state index in [0.29, 0.717) is 25.8 Å². The Bertz CT molecular complexity index is 700. The first kappa shape index (κ1) is 16.6. The summed E-state index contributed by atoms with van der Waals surface area (Å²) in [6.07, 6.45) is 3.77. The summed E-state index contributed by atoms with van der Waals surface area (Å²) in [7, 11) is 0. The van der Waals surface area contributed by atoms with Gasteiger partial charge in [0, 0.05) is 37.0 Å². The molecule has 1 aliphatic rings. The molecule has 5 nitrogen and oxygen atoms in total. The lowest BCUT2D eigenvalue weighted by molar-refractivity contribution is -0.133. The van der Waals surface area contributed by atoms with Crippen molar-refractivity contribution < 1.29 is 9.59 Å². The molecule has 2 aromatic rings. The molecular formula is C18H21N3O2S. The summed E-state index contributed by atoms with van der Waals surface area (Å²) >= 11 is 1.54. The van der Waals surface area contributed by atoms with E-state index in [4.69, 9.17) is 0 Å². The number of benzene rings is 1. The van der Waals surface area contributed by atoms with Gasteiger partial charge in [-0.05, 0) is 37.0 Å². The lowest BCUT2D eigenvalue weighted by Crippen LogP contribution is -2.34. The van der Waals surface area contributed by atoms with E-state index in [9.17, 15) is 9.59 Å². The number of likely N-dealkylation sites (tertiary alicyclic amines) is 1. The number of carbonyl (C=O) groups excluding carboxylic acids is 2. The van der Waals surface area contributed by atoms with E-state index in [-0.39, 0.29) is 11.8 Å². The molecule has 0 atom stereocenters. The molecule has 1 aromatic heterocycles. The minimum atomic E-state index is -0.0193. The average molecular weight is 343 g/mol. The Morgan fingerprint density at radius 1 is 1.33 bits per heavy atom. The van der Waals surface area contributed by atoms with Gasteiger partial charge in [-0.25, -0.2) is 4.98 Å². The molecule has 1 saturated heterocycles. The van der Waals surface area contributed by atoms with E-state index >= 15 is 0 Å². The molecule has 1 aromatic carbocycles. The fraction of sp³-hybridized carbons (Fsp3) is 0.389. The lowest BCUT2D eigenvalue weighted by Gasteiger charge is -2.26. The first-order valence-electron chi connectivity index (χ1n) is 8.24. The molecule has 126 valence electrons. The van der Waals surface area contributed by atoms with Crippen LogP contribution in [0.15, 0.2) is 35.2 Å². The third kappa shape index (κ3) is 4.64. The molecule has 2 heterocycles. The second-order valence-corrected chi connectivity index (χ2v) is 6.72. The number of anilines is 1. The van der Waals surface area contributed by atoms with Crippen LogP contribution in [0, 0.1) is 0 Å². The number of nitrogens with zero attached hydrogens (tertiary/aromatic N) is 2. The normalized spacial score (nSPS) is 14.7. The van der Waals surface area contributed by atoms with Gasteiger partial charge < -0.3 is 10.2 Å². The number of aromatic nitrogens is 1. The SMILES string of the molecule is O=C(CCc1cscn1)Nc1cccc(CN2CCCCC2=O)c1. The Balaban J connectivity index is 1.54. The Labute approximate surface area is 145 Å². The van der Waals surface area contributed by atoms with Gasteiger partial charge in [-0.2, -0.15) is 0 Å². The highest BCUT2D eigenvalue weighted by atomic mass is 32.1. The monoisotopic (exact) mass is 343 g/mol. The van der Waals surface area contributed by atoms with E-state index < -0.39 is 0 Å². The van der Waals surface area contributed by atoms with Crippen LogP contribution < -0.4 is 5.32 Å². The van der Waals surface area contributed by atoms with Gasteiger partial charge in [-0.15, -0.1) is 11.3 Å². The van der Waals surface area contributed by atoms with Gasteiger partial charge in [0.15, 0.2) is 0 Å². The highest BCUT2D eigenvalue weighted by molar-refractivity contribution is 7.07. The van der Waals surface area contributed by atoms with Crippen LogP contribution in [-0.4, -0.2) is 28.2 Å². The molecule has 1 fully saturated rings. The van der Waals surface area contributed by atoms with Gasteiger partial charge in [-0.1, -0.05) is 12.1 Å². The van der Waals surface area contributed by atoms with Gasteiger partial charge in [0.05, 0.1) is 11.2 Å². The van der Waals surface area contributed by atoms with Crippen molar-refractivity contribution in [3.63, 3.8) is 0 Å². The maximum absolute atomic E-state index is 12.1. The molecule has 1 aliphatic heterocycles. The molecule has 24 heavy (non-hydrogen) atoms. The van der Waals surface area contributed by atoms with Crippen LogP contribution in [0.3, 0.4) is 0 Å². The summed E-state index contributed by atoms with van der Waals surface area (Å²) < 4.78 is 0. The number of nitrogens with one attached hydrogen (secondary N) is 1. The van der Waals surface area contributed by atoms with Crippen LogP contribution in [0.5, 0.6) is 0 Å². The minimum Gasteiger partial charge on any atom is -0.338 e. The Morgan fingerprint density at radius 3 is 3.04 bits per heavy atom. The molecule has 2 amide bonds. The fourth-order valence-corrected chi connectivity index (χ4v) is 3.42. The molecule has 0 radical (unpaired) electrons. The number of hydrogen-bond donors (Lipinski definition) is 1. The predicted octanol–water partition coefficient (Wildman–Crippen LogP) is 3.23. The van der Waals surface area contributed by atoms with Crippen molar-refractivity contribution in [2.45, 2.75) is 38.6 Å². The van der Waals surface area contributed by atoms with Crippen molar-refractivity contribution >= 4 is 28.8 Å². The van der Waals surface area contributed by atoms with Gasteiger partial charge in [0.2, 0.25) is 11.8 Å². The van der Waals surface area contributed by atoms with E-state index in [1.54, 1.807) is 5.51 Å². The number of piperidine rings is 1. The summed E-state index contributed by atoms with van der Waals surface area (Å²) in [5, 5.41) is 4.89. The van der Waals surface area contributed by atoms with Gasteiger partial charge in [-0.3, -0.25) is 9.59 Å². The fourth-order valence-electron chi connectivity index (χ4n) is 2.82. The summed E-state index contributed by atoms with van der Waals surface area (Å²) in [4.78, 5) is 30.0. The quantitative estimate of drug-likeness (QED) is 0.876. The average Bonchev–Trinajstić information content (AvgIpc) is 3.09. The van der Waals surface area contributed by atoms with Gasteiger partial charge >= 0.3 is 0 Å². The summed E-state index contributed by atoms with van der Waals surface area (Å²) in [6, 6.07) is 7.73. The smallest absolute Gasteiger partial charge is 0.224 e. The molecule has 3 rings (SSSR count). The van der Waals surface area contributed by atoms with Crippen molar-refractivity contribution in [3.8, 4) is 0 Å². The lowest BCUT2D eigenvalue weighted by atomic mass is 10.1. The third-order valence-electron chi connectivity index (χ3n) is 4.10. The van der Waals surface area contributed by atoms with Crippen molar-refractivity contribution in [1.82, 2.24) is 9.88 Å². The zero-order valence-electron chi connectivity index (χ0n) is 13.5. The Morgan fingerprint density at radius 2 is 2.25 bits per heavy atom. The largest absolute Gasteiger partial charge is 0.338 e. The molecule has 6 heteroatoms. The molecule has 0 saturated carbocycles. The van der Waals surface area contributed by atoms with Crippen molar-refractivity contribution in [2.24, 2.45) is 0 Å². The Kier molecular flexibility index (Phi) is 5.59. The number of carbonyl (C=O) groups is 2. The van der Waals surface area contributed by atoms with E-state index in [2.05, 4.69) is 10.3 Å². The minimum absolute atomic E-state index is 0.0193.